The third kappa shape index (κ3) is 4.59. The van der Waals surface area contributed by atoms with Gasteiger partial charge in [0.1, 0.15) is 0 Å². The van der Waals surface area contributed by atoms with Crippen molar-refractivity contribution in [2.45, 2.75) is 44.4 Å². The Kier molecular flexibility index (Phi) is 6.94. The van der Waals surface area contributed by atoms with E-state index in [1.54, 1.807) is 37.3 Å². The number of para-hydroxylation sites is 1. The predicted octanol–water partition coefficient (Wildman–Crippen LogP) is 4.08. The lowest BCUT2D eigenvalue weighted by Gasteiger charge is -2.36. The van der Waals surface area contributed by atoms with Crippen LogP contribution < -0.4 is 4.90 Å². The molecule has 0 N–H and O–H groups in total. The van der Waals surface area contributed by atoms with Gasteiger partial charge in [-0.15, -0.1) is 0 Å². The van der Waals surface area contributed by atoms with Crippen molar-refractivity contribution < 1.29 is 18.0 Å². The highest BCUT2D eigenvalue weighted by Gasteiger charge is 2.38. The molecular weight excluding hydrogens is 486 g/mol. The maximum atomic E-state index is 13.7. The van der Waals surface area contributed by atoms with E-state index in [0.29, 0.717) is 49.3 Å². The molecule has 1 fully saturated rings. The van der Waals surface area contributed by atoms with Crippen LogP contribution in [0.2, 0.25) is 0 Å². The second-order valence-corrected chi connectivity index (χ2v) is 11.6. The van der Waals surface area contributed by atoms with E-state index in [4.69, 9.17) is 0 Å². The largest absolute Gasteiger partial charge is 0.368 e. The van der Waals surface area contributed by atoms with E-state index >= 15 is 0 Å². The number of aromatic nitrogens is 1. The molecule has 1 unspecified atom stereocenters. The van der Waals surface area contributed by atoms with Crippen molar-refractivity contribution in [3.05, 3.63) is 83.2 Å². The van der Waals surface area contributed by atoms with Crippen LogP contribution in [-0.4, -0.2) is 55.2 Å². The van der Waals surface area contributed by atoms with E-state index in [0.717, 1.165) is 24.3 Å². The van der Waals surface area contributed by atoms with Crippen LogP contribution in [0.1, 0.15) is 47.1 Å². The minimum Gasteiger partial charge on any atom is -0.368 e. The smallest absolute Gasteiger partial charge is 0.268 e. The van der Waals surface area contributed by atoms with Crippen molar-refractivity contribution >= 4 is 27.4 Å². The van der Waals surface area contributed by atoms with Crippen LogP contribution in [0, 0.1) is 12.8 Å². The molecule has 0 radical (unpaired) electrons. The van der Waals surface area contributed by atoms with Crippen molar-refractivity contribution in [1.82, 2.24) is 8.87 Å². The molecular formula is C29H33N3O4S. The Morgan fingerprint density at radius 1 is 0.946 bits per heavy atom. The first-order valence-corrected chi connectivity index (χ1v) is 14.4. The monoisotopic (exact) mass is 519 g/mol. The van der Waals surface area contributed by atoms with Gasteiger partial charge in [0, 0.05) is 61.2 Å². The van der Waals surface area contributed by atoms with Gasteiger partial charge >= 0.3 is 0 Å². The molecule has 1 aromatic heterocycles. The van der Waals surface area contributed by atoms with Gasteiger partial charge in [-0.3, -0.25) is 9.59 Å². The van der Waals surface area contributed by atoms with Gasteiger partial charge in [0.15, 0.2) is 5.78 Å². The summed E-state index contributed by atoms with van der Waals surface area (Å²) in [5.41, 5.74) is 3.59. The summed E-state index contributed by atoms with van der Waals surface area (Å²) < 4.78 is 28.5. The zero-order valence-electron chi connectivity index (χ0n) is 21.4. The van der Waals surface area contributed by atoms with Crippen LogP contribution in [0.5, 0.6) is 0 Å². The molecule has 3 aromatic rings. The van der Waals surface area contributed by atoms with Gasteiger partial charge in [0.05, 0.1) is 4.90 Å². The summed E-state index contributed by atoms with van der Waals surface area (Å²) in [5.74, 6) is -0.521. The summed E-state index contributed by atoms with van der Waals surface area (Å²) in [7, 11) is -3.83. The van der Waals surface area contributed by atoms with Crippen molar-refractivity contribution in [1.29, 1.82) is 0 Å². The number of hydrogen-bond acceptors (Lipinski definition) is 5. The van der Waals surface area contributed by atoms with E-state index in [1.165, 1.54) is 3.97 Å². The third-order valence-corrected chi connectivity index (χ3v) is 9.58. The van der Waals surface area contributed by atoms with Crippen LogP contribution in [0.3, 0.4) is 0 Å². The van der Waals surface area contributed by atoms with E-state index in [9.17, 15) is 18.0 Å². The fourth-order valence-electron chi connectivity index (χ4n) is 5.79. The average Bonchev–Trinajstić information content (AvgIpc) is 3.23. The van der Waals surface area contributed by atoms with Crippen molar-refractivity contribution in [3.8, 4) is 0 Å². The van der Waals surface area contributed by atoms with E-state index in [2.05, 4.69) is 17.0 Å². The minimum absolute atomic E-state index is 0.000576. The number of Topliss-reactive ketones (excluding diaryl/α,β-unsaturated/α-hetero) is 1. The Morgan fingerprint density at radius 3 is 2.19 bits per heavy atom. The molecule has 2 aromatic carbocycles. The number of piperazine rings is 1. The number of anilines is 1. The average molecular weight is 520 g/mol. The number of carbonyl (C=O) groups is 2. The molecule has 194 valence electrons. The Morgan fingerprint density at radius 2 is 1.57 bits per heavy atom. The molecule has 1 atom stereocenters. The van der Waals surface area contributed by atoms with Crippen LogP contribution >= 0.6 is 0 Å². The van der Waals surface area contributed by atoms with Crippen molar-refractivity contribution in [2.24, 2.45) is 5.92 Å². The number of benzene rings is 2. The molecule has 5 rings (SSSR count). The van der Waals surface area contributed by atoms with Crippen LogP contribution in [0.15, 0.2) is 65.6 Å². The fraction of sp³-hybridized carbons (Fsp3) is 0.379. The van der Waals surface area contributed by atoms with Gasteiger partial charge in [0.25, 0.3) is 10.0 Å². The highest BCUT2D eigenvalue weighted by molar-refractivity contribution is 7.90. The quantitative estimate of drug-likeness (QED) is 0.490. The lowest BCUT2D eigenvalue weighted by molar-refractivity contribution is -0.132. The number of carbonyl (C=O) groups excluding carboxylic acids is 2. The molecule has 1 aliphatic carbocycles. The topological polar surface area (TPSA) is 79.7 Å². The number of rotatable bonds is 6. The Bertz CT molecular complexity index is 1410. The molecule has 2 heterocycles. The molecule has 8 heteroatoms. The molecule has 7 nitrogen and oxygen atoms in total. The van der Waals surface area contributed by atoms with Crippen molar-refractivity contribution in [3.63, 3.8) is 0 Å². The van der Waals surface area contributed by atoms with Crippen LogP contribution in [0.25, 0.3) is 0 Å². The van der Waals surface area contributed by atoms with Crippen LogP contribution in [-0.2, 0) is 27.7 Å². The van der Waals surface area contributed by atoms with E-state index < -0.39 is 15.9 Å². The third-order valence-electron chi connectivity index (χ3n) is 7.73. The summed E-state index contributed by atoms with van der Waals surface area (Å²) in [5, 5.41) is 0. The van der Waals surface area contributed by atoms with Gasteiger partial charge in [-0.25, -0.2) is 12.4 Å². The van der Waals surface area contributed by atoms with Gasteiger partial charge in [-0.05, 0) is 56.0 Å². The summed E-state index contributed by atoms with van der Waals surface area (Å²) in [6.07, 6.45) is 1.65. The number of fused-ring (bicyclic) bond motifs is 1. The standard InChI is InChI=1S/C29H33N3O4S/c1-3-25-21(2)32(37(35,36)24-12-8-5-9-13-24)26-15-14-22(29(34)28(25)26)20-27(33)31-18-16-30(17-19-31)23-10-6-4-7-11-23/h4-13,22H,3,14-20H2,1-2H3. The second kappa shape index (κ2) is 10.2. The fourth-order valence-corrected chi connectivity index (χ4v) is 7.44. The van der Waals surface area contributed by atoms with Crippen molar-refractivity contribution in [2.75, 3.05) is 31.1 Å². The first kappa shape index (κ1) is 25.3. The van der Waals surface area contributed by atoms with Gasteiger partial charge in [0.2, 0.25) is 5.91 Å². The van der Waals surface area contributed by atoms with Crippen LogP contribution in [0.4, 0.5) is 5.69 Å². The van der Waals surface area contributed by atoms with E-state index in [-0.39, 0.29) is 23.0 Å². The Hall–Kier alpha value is -3.39. The van der Waals surface area contributed by atoms with Gasteiger partial charge in [-0.1, -0.05) is 43.3 Å². The molecule has 1 aliphatic heterocycles. The first-order chi connectivity index (χ1) is 17.8. The lowest BCUT2D eigenvalue weighted by atomic mass is 9.82. The maximum absolute atomic E-state index is 13.7. The SMILES string of the molecule is CCc1c2c(n(S(=O)(=O)c3ccccc3)c1C)CCC(CC(=O)N1CCN(c3ccccc3)CC1)C2=O. The second-order valence-electron chi connectivity index (χ2n) is 9.83. The molecule has 2 aliphatic rings. The minimum atomic E-state index is -3.83. The Balaban J connectivity index is 1.34. The summed E-state index contributed by atoms with van der Waals surface area (Å²) in [4.78, 5) is 31.2. The molecule has 0 bridgehead atoms. The lowest BCUT2D eigenvalue weighted by Crippen LogP contribution is -2.49. The number of ketones is 1. The molecule has 1 amide bonds. The molecule has 1 saturated heterocycles. The summed E-state index contributed by atoms with van der Waals surface area (Å²) >= 11 is 0. The van der Waals surface area contributed by atoms with Gasteiger partial charge in [-0.2, -0.15) is 0 Å². The number of amides is 1. The molecule has 0 spiro atoms. The first-order valence-electron chi connectivity index (χ1n) is 13.0. The zero-order chi connectivity index (χ0) is 26.2. The summed E-state index contributed by atoms with van der Waals surface area (Å²) in [6.45, 7) is 6.50. The number of nitrogens with zero attached hydrogens (tertiary/aromatic N) is 3. The molecule has 37 heavy (non-hydrogen) atoms. The van der Waals surface area contributed by atoms with E-state index in [1.807, 2.05) is 30.0 Å². The summed E-state index contributed by atoms with van der Waals surface area (Å²) in [6, 6.07) is 18.5. The maximum Gasteiger partial charge on any atom is 0.268 e. The molecule has 0 saturated carbocycles. The Labute approximate surface area is 218 Å². The number of hydrogen-bond donors (Lipinski definition) is 0. The van der Waals surface area contributed by atoms with Gasteiger partial charge < -0.3 is 9.80 Å². The zero-order valence-corrected chi connectivity index (χ0v) is 22.2. The predicted molar refractivity (Wildman–Crippen MR) is 144 cm³/mol. The highest BCUT2D eigenvalue weighted by Crippen LogP contribution is 2.36. The normalized spacial score (nSPS) is 18.1. The highest BCUT2D eigenvalue weighted by atomic mass is 32.2.